The van der Waals surface area contributed by atoms with Crippen molar-refractivity contribution in [3.63, 3.8) is 0 Å². The van der Waals surface area contributed by atoms with Crippen molar-refractivity contribution in [1.82, 2.24) is 9.80 Å². The molecule has 0 spiro atoms. The lowest BCUT2D eigenvalue weighted by Crippen LogP contribution is -2.33. The van der Waals surface area contributed by atoms with Crippen LogP contribution in [0.25, 0.3) is 0 Å². The van der Waals surface area contributed by atoms with Gasteiger partial charge in [-0.25, -0.2) is 0 Å². The molecule has 0 amide bonds. The molecule has 1 saturated heterocycles. The monoisotopic (exact) mass is 278 g/mol. The molecular formula is C16H26N2O2. The van der Waals surface area contributed by atoms with E-state index in [0.717, 1.165) is 37.5 Å². The van der Waals surface area contributed by atoms with E-state index in [1.54, 1.807) is 6.08 Å². The first kappa shape index (κ1) is 15.1. The van der Waals surface area contributed by atoms with Crippen LogP contribution in [0.5, 0.6) is 0 Å². The van der Waals surface area contributed by atoms with E-state index in [4.69, 9.17) is 4.74 Å². The average molecular weight is 278 g/mol. The zero-order valence-electron chi connectivity index (χ0n) is 12.9. The molecular weight excluding hydrogens is 252 g/mol. The minimum absolute atomic E-state index is 0.0645. The predicted molar refractivity (Wildman–Crippen MR) is 80.1 cm³/mol. The molecule has 0 saturated carbocycles. The molecule has 0 radical (unpaired) electrons. The lowest BCUT2D eigenvalue weighted by molar-refractivity contribution is -0.114. The van der Waals surface area contributed by atoms with Gasteiger partial charge in [0.05, 0.1) is 5.70 Å². The van der Waals surface area contributed by atoms with Gasteiger partial charge in [-0.05, 0) is 32.0 Å². The SMILES string of the molecule is CCCN(CCC)CCC1OC2=CC(=O)CC=C2N1C. The molecule has 20 heavy (non-hydrogen) atoms. The van der Waals surface area contributed by atoms with Crippen molar-refractivity contribution in [1.29, 1.82) is 0 Å². The molecule has 112 valence electrons. The number of nitrogens with zero attached hydrogens (tertiary/aromatic N) is 2. The van der Waals surface area contributed by atoms with Crippen molar-refractivity contribution in [3.8, 4) is 0 Å². The minimum Gasteiger partial charge on any atom is -0.468 e. The fourth-order valence-corrected chi connectivity index (χ4v) is 2.88. The van der Waals surface area contributed by atoms with Crippen LogP contribution in [0.3, 0.4) is 0 Å². The Balaban J connectivity index is 1.91. The molecule has 2 aliphatic rings. The van der Waals surface area contributed by atoms with Gasteiger partial charge in [-0.15, -0.1) is 0 Å². The van der Waals surface area contributed by atoms with E-state index in [-0.39, 0.29) is 12.0 Å². The summed E-state index contributed by atoms with van der Waals surface area (Å²) in [5, 5.41) is 0. The van der Waals surface area contributed by atoms with Crippen molar-refractivity contribution >= 4 is 5.78 Å². The van der Waals surface area contributed by atoms with Gasteiger partial charge in [-0.3, -0.25) is 4.79 Å². The lowest BCUT2D eigenvalue weighted by Gasteiger charge is -2.25. The zero-order valence-corrected chi connectivity index (χ0v) is 12.9. The number of ketones is 1. The van der Waals surface area contributed by atoms with E-state index in [1.807, 2.05) is 6.08 Å². The maximum Gasteiger partial charge on any atom is 0.173 e. The highest BCUT2D eigenvalue weighted by Crippen LogP contribution is 2.32. The van der Waals surface area contributed by atoms with Gasteiger partial charge in [0.1, 0.15) is 5.76 Å². The number of hydrogen-bond donors (Lipinski definition) is 0. The lowest BCUT2D eigenvalue weighted by atomic mass is 10.1. The Labute approximate surface area is 122 Å². The fraction of sp³-hybridized carbons (Fsp3) is 0.688. The summed E-state index contributed by atoms with van der Waals surface area (Å²) in [6, 6.07) is 0. The van der Waals surface area contributed by atoms with E-state index in [2.05, 4.69) is 30.7 Å². The van der Waals surface area contributed by atoms with Crippen LogP contribution in [-0.4, -0.2) is 48.5 Å². The first-order valence-corrected chi connectivity index (χ1v) is 7.72. The third kappa shape index (κ3) is 3.42. The van der Waals surface area contributed by atoms with Crippen LogP contribution in [0.1, 0.15) is 39.5 Å². The molecule has 1 unspecified atom stereocenters. The largest absolute Gasteiger partial charge is 0.468 e. The Morgan fingerprint density at radius 2 is 2.00 bits per heavy atom. The number of carbonyl (C=O) groups excluding carboxylic acids is 1. The smallest absolute Gasteiger partial charge is 0.173 e. The van der Waals surface area contributed by atoms with Gasteiger partial charge in [-0.2, -0.15) is 0 Å². The number of likely N-dealkylation sites (N-methyl/N-ethyl adjacent to an activating group) is 1. The van der Waals surface area contributed by atoms with E-state index >= 15 is 0 Å². The zero-order chi connectivity index (χ0) is 14.5. The normalized spacial score (nSPS) is 21.7. The van der Waals surface area contributed by atoms with Crippen LogP contribution < -0.4 is 0 Å². The van der Waals surface area contributed by atoms with Crippen LogP contribution >= 0.6 is 0 Å². The molecule has 0 aromatic heterocycles. The molecule has 1 aliphatic heterocycles. The van der Waals surface area contributed by atoms with Crippen molar-refractivity contribution in [2.24, 2.45) is 0 Å². The van der Waals surface area contributed by atoms with Crippen LogP contribution in [0.4, 0.5) is 0 Å². The quantitative estimate of drug-likeness (QED) is 0.716. The summed E-state index contributed by atoms with van der Waals surface area (Å²) in [4.78, 5) is 16.1. The molecule has 1 aliphatic carbocycles. The predicted octanol–water partition coefficient (Wildman–Crippen LogP) is 2.53. The fourth-order valence-electron chi connectivity index (χ4n) is 2.88. The van der Waals surface area contributed by atoms with Crippen molar-refractivity contribution in [2.75, 3.05) is 26.7 Å². The summed E-state index contributed by atoms with van der Waals surface area (Å²) in [6.45, 7) is 7.78. The average Bonchev–Trinajstić information content (AvgIpc) is 2.72. The van der Waals surface area contributed by atoms with Crippen molar-refractivity contribution < 1.29 is 9.53 Å². The van der Waals surface area contributed by atoms with Gasteiger partial charge in [0.25, 0.3) is 0 Å². The van der Waals surface area contributed by atoms with Gasteiger partial charge in [0.2, 0.25) is 0 Å². The first-order valence-electron chi connectivity index (χ1n) is 7.72. The Bertz CT molecular complexity index is 409. The number of carbonyl (C=O) groups is 1. The highest BCUT2D eigenvalue weighted by molar-refractivity contribution is 5.93. The number of allylic oxidation sites excluding steroid dienone is 2. The highest BCUT2D eigenvalue weighted by Gasteiger charge is 2.32. The molecule has 2 rings (SSSR count). The molecule has 0 bridgehead atoms. The van der Waals surface area contributed by atoms with Crippen LogP contribution in [0, 0.1) is 0 Å². The van der Waals surface area contributed by atoms with E-state index in [9.17, 15) is 4.79 Å². The Hall–Kier alpha value is -1.29. The van der Waals surface area contributed by atoms with Crippen LogP contribution in [-0.2, 0) is 9.53 Å². The standard InChI is InChI=1S/C16H26N2O2/c1-4-9-18(10-5-2)11-8-16-17(3)14-7-6-13(19)12-15(14)20-16/h7,12,16H,4-6,8-11H2,1-3H3. The Morgan fingerprint density at radius 1 is 1.30 bits per heavy atom. The summed E-state index contributed by atoms with van der Waals surface area (Å²) in [6.07, 6.45) is 7.53. The maximum absolute atomic E-state index is 11.4. The number of fused-ring (bicyclic) bond motifs is 1. The summed E-state index contributed by atoms with van der Waals surface area (Å²) < 4.78 is 5.93. The van der Waals surface area contributed by atoms with E-state index < -0.39 is 0 Å². The summed E-state index contributed by atoms with van der Waals surface area (Å²) in [5.74, 6) is 0.891. The number of ether oxygens (including phenoxy) is 1. The molecule has 4 nitrogen and oxygen atoms in total. The molecule has 4 heteroatoms. The molecule has 0 aromatic carbocycles. The number of rotatable bonds is 7. The van der Waals surface area contributed by atoms with Crippen LogP contribution in [0.15, 0.2) is 23.6 Å². The minimum atomic E-state index is 0.0645. The third-order valence-corrected chi connectivity index (χ3v) is 3.89. The molecule has 1 heterocycles. The molecule has 0 aromatic rings. The Morgan fingerprint density at radius 3 is 2.65 bits per heavy atom. The van der Waals surface area contributed by atoms with Crippen LogP contribution in [0.2, 0.25) is 0 Å². The summed E-state index contributed by atoms with van der Waals surface area (Å²) in [7, 11) is 2.05. The van der Waals surface area contributed by atoms with Gasteiger partial charge in [-0.1, -0.05) is 13.8 Å². The van der Waals surface area contributed by atoms with Gasteiger partial charge < -0.3 is 14.5 Å². The summed E-state index contributed by atoms with van der Waals surface area (Å²) in [5.41, 5.74) is 1.08. The second-order valence-electron chi connectivity index (χ2n) is 5.58. The second kappa shape index (κ2) is 6.93. The topological polar surface area (TPSA) is 32.8 Å². The number of hydrogen-bond acceptors (Lipinski definition) is 4. The third-order valence-electron chi connectivity index (χ3n) is 3.89. The van der Waals surface area contributed by atoms with Gasteiger partial charge in [0, 0.05) is 32.5 Å². The Kier molecular flexibility index (Phi) is 5.24. The molecule has 0 N–H and O–H groups in total. The molecule has 1 fully saturated rings. The first-order chi connectivity index (χ1) is 9.65. The second-order valence-corrected chi connectivity index (χ2v) is 5.58. The maximum atomic E-state index is 11.4. The van der Waals surface area contributed by atoms with Crippen molar-refractivity contribution in [2.45, 2.75) is 45.8 Å². The molecule has 1 atom stereocenters. The van der Waals surface area contributed by atoms with Gasteiger partial charge >= 0.3 is 0 Å². The van der Waals surface area contributed by atoms with E-state index in [1.165, 1.54) is 12.8 Å². The summed E-state index contributed by atoms with van der Waals surface area (Å²) >= 11 is 0. The van der Waals surface area contributed by atoms with Gasteiger partial charge in [0.15, 0.2) is 12.0 Å². The highest BCUT2D eigenvalue weighted by atomic mass is 16.5. The van der Waals surface area contributed by atoms with Crippen molar-refractivity contribution in [3.05, 3.63) is 23.6 Å². The van der Waals surface area contributed by atoms with E-state index in [0.29, 0.717) is 6.42 Å².